The van der Waals surface area contributed by atoms with E-state index < -0.39 is 29.9 Å². The second-order valence-corrected chi connectivity index (χ2v) is 7.83. The molecule has 1 aliphatic heterocycles. The predicted molar refractivity (Wildman–Crippen MR) is 110 cm³/mol. The molecule has 1 aromatic carbocycles. The second-order valence-electron chi connectivity index (χ2n) is 7.83. The van der Waals surface area contributed by atoms with Crippen molar-refractivity contribution < 1.29 is 28.7 Å². The fourth-order valence-electron chi connectivity index (χ4n) is 4.10. The number of hydrogen-bond donors (Lipinski definition) is 3. The number of carbonyl (C=O) groups excluding carboxylic acids is 4. The fraction of sp³-hybridized carbons (Fsp3) is 0.524. The topological polar surface area (TPSA) is 126 Å². The van der Waals surface area contributed by atoms with Crippen LogP contribution in [0.25, 0.3) is 0 Å². The number of benzene rings is 1. The number of amides is 5. The van der Waals surface area contributed by atoms with E-state index in [9.17, 15) is 19.2 Å². The molecule has 0 unspecified atom stereocenters. The Hall–Kier alpha value is -3.30. The lowest BCUT2D eigenvalue weighted by atomic mass is 9.75. The number of rotatable bonds is 6. The third-order valence-electron chi connectivity index (χ3n) is 6.04. The average molecular weight is 432 g/mol. The Morgan fingerprint density at radius 1 is 1.13 bits per heavy atom. The molecule has 0 atom stereocenters. The zero-order valence-corrected chi connectivity index (χ0v) is 17.9. The van der Waals surface area contributed by atoms with Crippen LogP contribution in [0.15, 0.2) is 18.2 Å². The van der Waals surface area contributed by atoms with Crippen molar-refractivity contribution in [3.05, 3.63) is 23.8 Å². The molecule has 10 heteroatoms. The molecule has 1 heterocycles. The second kappa shape index (κ2) is 9.23. The van der Waals surface area contributed by atoms with E-state index >= 15 is 0 Å². The highest BCUT2D eigenvalue weighted by Crippen LogP contribution is 2.37. The lowest BCUT2D eigenvalue weighted by Gasteiger charge is -2.34. The SMILES string of the molecule is CCC1CCC2(CC1)NC(=O)N(CC(=O)NNC(=O)c1ccc(OC)c(OC)c1)C2=O. The molecule has 31 heavy (non-hydrogen) atoms. The van der Waals surface area contributed by atoms with Crippen LogP contribution in [0.2, 0.25) is 0 Å². The largest absolute Gasteiger partial charge is 0.493 e. The van der Waals surface area contributed by atoms with Crippen molar-refractivity contribution in [2.45, 2.75) is 44.6 Å². The van der Waals surface area contributed by atoms with Crippen LogP contribution < -0.4 is 25.6 Å². The quantitative estimate of drug-likeness (QED) is 0.460. The third kappa shape index (κ3) is 4.57. The summed E-state index contributed by atoms with van der Waals surface area (Å²) in [5, 5.41) is 2.78. The number of nitrogens with zero attached hydrogens (tertiary/aromatic N) is 1. The molecule has 3 rings (SSSR count). The first kappa shape index (κ1) is 22.4. The summed E-state index contributed by atoms with van der Waals surface area (Å²) in [5.41, 5.74) is 3.83. The normalized spacial score (nSPS) is 22.8. The highest BCUT2D eigenvalue weighted by Gasteiger charge is 2.52. The minimum Gasteiger partial charge on any atom is -0.493 e. The van der Waals surface area contributed by atoms with Crippen LogP contribution in [-0.2, 0) is 9.59 Å². The highest BCUT2D eigenvalue weighted by atomic mass is 16.5. The van der Waals surface area contributed by atoms with Crippen LogP contribution in [0.4, 0.5) is 4.79 Å². The van der Waals surface area contributed by atoms with Gasteiger partial charge < -0.3 is 14.8 Å². The first-order valence-corrected chi connectivity index (χ1v) is 10.3. The number of urea groups is 1. The molecule has 1 saturated heterocycles. The third-order valence-corrected chi connectivity index (χ3v) is 6.04. The summed E-state index contributed by atoms with van der Waals surface area (Å²) < 4.78 is 10.3. The van der Waals surface area contributed by atoms with Gasteiger partial charge in [-0.15, -0.1) is 0 Å². The summed E-state index contributed by atoms with van der Waals surface area (Å²) in [6.45, 7) is 1.64. The zero-order valence-electron chi connectivity index (χ0n) is 17.9. The molecule has 3 N–H and O–H groups in total. The van der Waals surface area contributed by atoms with Crippen LogP contribution in [0.3, 0.4) is 0 Å². The van der Waals surface area contributed by atoms with Gasteiger partial charge in [0.2, 0.25) is 0 Å². The molecule has 2 aliphatic rings. The van der Waals surface area contributed by atoms with Crippen molar-refractivity contribution in [2.24, 2.45) is 5.92 Å². The number of hydrazine groups is 1. The van der Waals surface area contributed by atoms with E-state index in [1.807, 2.05) is 0 Å². The molecule has 0 radical (unpaired) electrons. The van der Waals surface area contributed by atoms with E-state index in [4.69, 9.17) is 9.47 Å². The Bertz CT molecular complexity index is 879. The fourth-order valence-corrected chi connectivity index (χ4v) is 4.10. The van der Waals surface area contributed by atoms with Gasteiger partial charge in [0.25, 0.3) is 17.7 Å². The monoisotopic (exact) mass is 432 g/mol. The Morgan fingerprint density at radius 2 is 1.81 bits per heavy atom. The maximum absolute atomic E-state index is 12.9. The minimum atomic E-state index is -0.911. The van der Waals surface area contributed by atoms with Crippen LogP contribution >= 0.6 is 0 Å². The molecule has 2 fully saturated rings. The molecule has 0 bridgehead atoms. The summed E-state index contributed by atoms with van der Waals surface area (Å²) in [4.78, 5) is 50.7. The number of hydrogen-bond acceptors (Lipinski definition) is 6. The van der Waals surface area contributed by atoms with Crippen molar-refractivity contribution in [1.82, 2.24) is 21.1 Å². The van der Waals surface area contributed by atoms with Gasteiger partial charge in [-0.25, -0.2) is 4.79 Å². The Morgan fingerprint density at radius 3 is 2.42 bits per heavy atom. The minimum absolute atomic E-state index is 0.236. The van der Waals surface area contributed by atoms with Gasteiger partial charge >= 0.3 is 6.03 Å². The Labute approximate surface area is 180 Å². The molecule has 10 nitrogen and oxygen atoms in total. The van der Waals surface area contributed by atoms with Crippen LogP contribution in [0.1, 0.15) is 49.4 Å². The zero-order chi connectivity index (χ0) is 22.6. The summed E-state index contributed by atoms with van der Waals surface area (Å²) in [5.74, 6) is -0.266. The number of carbonyl (C=O) groups is 4. The van der Waals surface area contributed by atoms with Crippen LogP contribution in [0, 0.1) is 5.92 Å². The van der Waals surface area contributed by atoms with E-state index in [-0.39, 0.29) is 11.5 Å². The number of nitrogens with one attached hydrogen (secondary N) is 3. The first-order valence-electron chi connectivity index (χ1n) is 10.3. The lowest BCUT2D eigenvalue weighted by molar-refractivity contribution is -0.136. The molecular weight excluding hydrogens is 404 g/mol. The summed E-state index contributed by atoms with van der Waals surface area (Å²) >= 11 is 0. The van der Waals surface area contributed by atoms with E-state index in [2.05, 4.69) is 23.1 Å². The van der Waals surface area contributed by atoms with Crippen molar-refractivity contribution in [3.63, 3.8) is 0 Å². The van der Waals surface area contributed by atoms with Crippen molar-refractivity contribution in [2.75, 3.05) is 20.8 Å². The van der Waals surface area contributed by atoms with Crippen molar-refractivity contribution in [1.29, 1.82) is 0 Å². The Balaban J connectivity index is 1.55. The molecule has 1 spiro atoms. The molecular formula is C21H28N4O6. The molecule has 1 aromatic rings. The highest BCUT2D eigenvalue weighted by molar-refractivity contribution is 6.09. The van der Waals surface area contributed by atoms with Gasteiger partial charge in [0.05, 0.1) is 14.2 Å². The maximum atomic E-state index is 12.9. The summed E-state index contributed by atoms with van der Waals surface area (Å²) in [6, 6.07) is 3.96. The molecule has 1 aliphatic carbocycles. The summed E-state index contributed by atoms with van der Waals surface area (Å²) in [6.07, 6.45) is 3.92. The molecule has 0 aromatic heterocycles. The van der Waals surface area contributed by atoms with Gasteiger partial charge in [0.15, 0.2) is 11.5 Å². The van der Waals surface area contributed by atoms with Gasteiger partial charge in [-0.1, -0.05) is 13.3 Å². The smallest absolute Gasteiger partial charge is 0.325 e. The standard InChI is InChI=1S/C21H28N4O6/c1-4-13-7-9-21(10-8-13)19(28)25(20(29)22-21)12-17(26)23-24-18(27)14-5-6-15(30-2)16(11-14)31-3/h5-6,11,13H,4,7-10,12H2,1-3H3,(H,22,29)(H,23,26)(H,24,27). The van der Waals surface area contributed by atoms with E-state index in [0.717, 1.165) is 24.2 Å². The molecule has 168 valence electrons. The summed E-state index contributed by atoms with van der Waals surface area (Å²) in [7, 11) is 2.92. The van der Waals surface area contributed by atoms with Gasteiger partial charge in [-0.3, -0.25) is 30.1 Å². The maximum Gasteiger partial charge on any atom is 0.325 e. The van der Waals surface area contributed by atoms with Gasteiger partial charge in [-0.05, 0) is 49.8 Å². The number of imide groups is 1. The van der Waals surface area contributed by atoms with Gasteiger partial charge in [-0.2, -0.15) is 0 Å². The Kier molecular flexibility index (Phi) is 6.67. The number of ether oxygens (including phenoxy) is 2. The van der Waals surface area contributed by atoms with E-state index in [1.165, 1.54) is 26.4 Å². The average Bonchev–Trinajstić information content (AvgIpc) is 3.01. The van der Waals surface area contributed by atoms with Crippen LogP contribution in [0.5, 0.6) is 11.5 Å². The predicted octanol–water partition coefficient (Wildman–Crippen LogP) is 1.36. The first-order chi connectivity index (χ1) is 14.8. The molecule has 1 saturated carbocycles. The lowest BCUT2D eigenvalue weighted by Crippen LogP contribution is -2.51. The van der Waals surface area contributed by atoms with Crippen molar-refractivity contribution >= 4 is 23.8 Å². The van der Waals surface area contributed by atoms with Crippen LogP contribution in [-0.4, -0.2) is 55.0 Å². The molecule has 5 amide bonds. The van der Waals surface area contributed by atoms with Crippen molar-refractivity contribution in [3.8, 4) is 11.5 Å². The number of methoxy groups -OCH3 is 2. The van der Waals surface area contributed by atoms with E-state index in [0.29, 0.717) is 30.3 Å². The van der Waals surface area contributed by atoms with E-state index in [1.54, 1.807) is 6.07 Å². The van der Waals surface area contributed by atoms with Gasteiger partial charge in [0.1, 0.15) is 12.1 Å². The van der Waals surface area contributed by atoms with Gasteiger partial charge in [0, 0.05) is 5.56 Å².